The summed E-state index contributed by atoms with van der Waals surface area (Å²) in [6.07, 6.45) is -11.7. The van der Waals surface area contributed by atoms with Crippen LogP contribution in [0.25, 0.3) is 0 Å². The van der Waals surface area contributed by atoms with Gasteiger partial charge < -0.3 is 4.74 Å². The molecule has 2 aromatic carbocycles. The van der Waals surface area contributed by atoms with E-state index in [9.17, 15) is 35.5 Å². The van der Waals surface area contributed by atoms with E-state index >= 15 is 0 Å². The third-order valence-electron chi connectivity index (χ3n) is 3.62. The van der Waals surface area contributed by atoms with Crippen LogP contribution in [0.15, 0.2) is 36.4 Å². The summed E-state index contributed by atoms with van der Waals surface area (Å²) in [6.45, 7) is 8.00. The van der Waals surface area contributed by atoms with Gasteiger partial charge in [-0.15, -0.1) is 0 Å². The molecule has 0 unspecified atom stereocenters. The molecule has 0 radical (unpaired) electrons. The average molecular weight is 623 g/mol. The molecule has 0 spiro atoms. The highest BCUT2D eigenvalue weighted by atomic mass is 127. The number of hydrogen-bond donors (Lipinski definition) is 0. The summed E-state index contributed by atoms with van der Waals surface area (Å²) in [4.78, 5) is 13.1. The minimum atomic E-state index is -5.26. The number of hydrogen-bond acceptors (Lipinski definition) is 3. The number of amides is 1. The maximum absolute atomic E-state index is 13.5. The third kappa shape index (κ3) is 9.25. The van der Waals surface area contributed by atoms with E-state index in [-0.39, 0.29) is 11.8 Å². The second kappa shape index (κ2) is 14.3. The molecule has 0 aliphatic rings. The molecule has 0 saturated carbocycles. The van der Waals surface area contributed by atoms with Crippen molar-refractivity contribution < 1.29 is 40.3 Å². The molecule has 3 nitrogen and oxygen atoms in total. The molecule has 1 amide bonds. The van der Waals surface area contributed by atoms with Gasteiger partial charge in [-0.3, -0.25) is 4.90 Å². The molecule has 2 aromatic rings. The Balaban J connectivity index is 0.00000258. The van der Waals surface area contributed by atoms with Crippen molar-refractivity contribution in [2.75, 3.05) is 11.9 Å². The Kier molecular flexibility index (Phi) is 13.4. The maximum Gasteiger partial charge on any atom is 0.420 e. The van der Waals surface area contributed by atoms with E-state index in [1.165, 1.54) is 12.1 Å². The first-order valence-electron chi connectivity index (χ1n) is 9.66. The summed E-state index contributed by atoms with van der Waals surface area (Å²) < 4.78 is 97.4. The SMILES string of the molecule is CC.CC.CN(C(=O)Oc1c(C#CSI)cc(C(F)(F)F)cc1C(F)(F)F)c1ccc(F)cc1. The van der Waals surface area contributed by atoms with Crippen molar-refractivity contribution in [1.29, 1.82) is 0 Å². The summed E-state index contributed by atoms with van der Waals surface area (Å²) >= 11 is 1.67. The van der Waals surface area contributed by atoms with Crippen LogP contribution >= 0.6 is 30.1 Å². The van der Waals surface area contributed by atoms with Crippen LogP contribution in [0.5, 0.6) is 5.75 Å². The van der Waals surface area contributed by atoms with Crippen molar-refractivity contribution in [2.45, 2.75) is 40.0 Å². The zero-order valence-corrected chi connectivity index (χ0v) is 21.6. The molecule has 0 aliphatic heterocycles. The van der Waals surface area contributed by atoms with Gasteiger partial charge in [0, 0.05) is 33.9 Å². The number of ether oxygens (including phenoxy) is 1. The minimum Gasteiger partial charge on any atom is -0.408 e. The Morgan fingerprint density at radius 2 is 1.50 bits per heavy atom. The van der Waals surface area contributed by atoms with Crippen molar-refractivity contribution in [3.63, 3.8) is 0 Å². The van der Waals surface area contributed by atoms with Crippen LogP contribution < -0.4 is 9.64 Å². The fourth-order valence-electron chi connectivity index (χ4n) is 2.21. The maximum atomic E-state index is 13.5. The first-order chi connectivity index (χ1) is 15.8. The van der Waals surface area contributed by atoms with Crippen LogP contribution in [0.1, 0.15) is 44.4 Å². The summed E-state index contributed by atoms with van der Waals surface area (Å²) in [5, 5.41) is 2.27. The zero-order valence-electron chi connectivity index (χ0n) is 18.7. The lowest BCUT2D eigenvalue weighted by Gasteiger charge is -2.21. The molecule has 0 heterocycles. The fourth-order valence-corrected chi connectivity index (χ4v) is 2.68. The van der Waals surface area contributed by atoms with Crippen molar-refractivity contribution >= 4 is 41.9 Å². The number of alkyl halides is 6. The molecular weight excluding hydrogens is 602 g/mol. The van der Waals surface area contributed by atoms with Gasteiger partial charge in [0.25, 0.3) is 0 Å². The van der Waals surface area contributed by atoms with E-state index in [1.807, 2.05) is 27.7 Å². The number of halogens is 8. The van der Waals surface area contributed by atoms with E-state index < -0.39 is 46.7 Å². The van der Waals surface area contributed by atoms with Gasteiger partial charge in [0.2, 0.25) is 0 Å². The summed E-state index contributed by atoms with van der Waals surface area (Å²) in [5.41, 5.74) is -4.08. The third-order valence-corrected chi connectivity index (χ3v) is 4.46. The predicted octanol–water partition coefficient (Wildman–Crippen LogP) is 8.94. The second-order valence-electron chi connectivity index (χ2n) is 5.60. The number of benzene rings is 2. The van der Waals surface area contributed by atoms with Crippen LogP contribution in [0.4, 0.5) is 41.2 Å². The van der Waals surface area contributed by atoms with Crippen molar-refractivity contribution in [3.05, 3.63) is 58.9 Å². The van der Waals surface area contributed by atoms with Gasteiger partial charge in [-0.1, -0.05) is 33.6 Å². The van der Waals surface area contributed by atoms with E-state index in [0.717, 1.165) is 33.0 Å². The highest BCUT2D eigenvalue weighted by Gasteiger charge is 2.41. The van der Waals surface area contributed by atoms with Gasteiger partial charge in [-0.25, -0.2) is 9.18 Å². The number of rotatable bonds is 2. The standard InChI is InChI=1S/C18H9F7INO2S.2C2H6/c1-27(13-4-2-12(19)3-5-13)16(28)29-15-10(6-7-30-26)8-11(17(20,21)22)9-14(15)18(23,24)25;2*1-2/h2-5,8-9H,1H3;2*1-2H3. The lowest BCUT2D eigenvalue weighted by molar-refractivity contribution is -0.143. The largest absolute Gasteiger partial charge is 0.420 e. The fraction of sp³-hybridized carbons (Fsp3) is 0.318. The lowest BCUT2D eigenvalue weighted by Crippen LogP contribution is -2.30. The summed E-state index contributed by atoms with van der Waals surface area (Å²) in [5.74, 6) is 0.365. The number of carbonyl (C=O) groups excluding carboxylic acids is 1. The van der Waals surface area contributed by atoms with Gasteiger partial charge in [0.1, 0.15) is 11.4 Å². The van der Waals surface area contributed by atoms with Crippen LogP contribution in [-0.2, 0) is 12.4 Å². The molecule has 0 bridgehead atoms. The Hall–Kier alpha value is -2.14. The minimum absolute atomic E-state index is 0.0809. The number of carbonyl (C=O) groups is 1. The molecule has 0 fully saturated rings. The first kappa shape index (κ1) is 31.9. The zero-order chi connectivity index (χ0) is 26.7. The molecule has 0 saturated heterocycles. The molecule has 12 heteroatoms. The van der Waals surface area contributed by atoms with Gasteiger partial charge in [-0.05, 0) is 50.6 Å². The van der Waals surface area contributed by atoms with Gasteiger partial charge in [0.05, 0.1) is 11.1 Å². The Morgan fingerprint density at radius 3 is 1.94 bits per heavy atom. The highest BCUT2D eigenvalue weighted by molar-refractivity contribution is 14.2. The van der Waals surface area contributed by atoms with Crippen molar-refractivity contribution in [3.8, 4) is 16.9 Å². The summed E-state index contributed by atoms with van der Waals surface area (Å²) in [7, 11) is 1.95. The van der Waals surface area contributed by atoms with Crippen LogP contribution in [-0.4, -0.2) is 13.1 Å². The smallest absolute Gasteiger partial charge is 0.408 e. The van der Waals surface area contributed by atoms with E-state index in [1.54, 1.807) is 21.2 Å². The number of nitrogens with zero attached hydrogens (tertiary/aromatic N) is 1. The van der Waals surface area contributed by atoms with Crippen LogP contribution in [0, 0.1) is 17.0 Å². The average Bonchev–Trinajstić information content (AvgIpc) is 2.79. The molecule has 0 N–H and O–H groups in total. The van der Waals surface area contributed by atoms with Crippen molar-refractivity contribution in [1.82, 2.24) is 0 Å². The predicted molar refractivity (Wildman–Crippen MR) is 128 cm³/mol. The Bertz CT molecular complexity index is 998. The van der Waals surface area contributed by atoms with Crippen LogP contribution in [0.3, 0.4) is 0 Å². The second-order valence-corrected chi connectivity index (χ2v) is 7.28. The molecule has 0 aliphatic carbocycles. The highest BCUT2D eigenvalue weighted by Crippen LogP contribution is 2.42. The lowest BCUT2D eigenvalue weighted by atomic mass is 10.0. The van der Waals surface area contributed by atoms with E-state index in [0.29, 0.717) is 6.07 Å². The van der Waals surface area contributed by atoms with Gasteiger partial charge >= 0.3 is 18.4 Å². The van der Waals surface area contributed by atoms with E-state index in [2.05, 4.69) is 11.2 Å². The summed E-state index contributed by atoms with van der Waals surface area (Å²) in [6, 6.07) is 4.57. The van der Waals surface area contributed by atoms with E-state index in [4.69, 9.17) is 4.74 Å². The molecule has 0 aromatic heterocycles. The Morgan fingerprint density at radius 1 is 0.971 bits per heavy atom. The van der Waals surface area contributed by atoms with Crippen LogP contribution in [0.2, 0.25) is 0 Å². The normalized spacial score (nSPS) is 10.5. The van der Waals surface area contributed by atoms with Gasteiger partial charge in [-0.2, -0.15) is 26.3 Å². The molecule has 2 rings (SSSR count). The molecule has 0 atom stereocenters. The number of anilines is 1. The molecule has 188 valence electrons. The molecule has 34 heavy (non-hydrogen) atoms. The topological polar surface area (TPSA) is 29.5 Å². The molecular formula is C22H21F7INO2S. The van der Waals surface area contributed by atoms with Crippen molar-refractivity contribution in [2.24, 2.45) is 0 Å². The monoisotopic (exact) mass is 623 g/mol. The quantitative estimate of drug-likeness (QED) is 0.190. The first-order valence-corrected chi connectivity index (χ1v) is 13.0. The Labute approximate surface area is 209 Å². The van der Waals surface area contributed by atoms with Gasteiger partial charge in [0.15, 0.2) is 5.75 Å².